The molecule has 0 aliphatic carbocycles. The lowest BCUT2D eigenvalue weighted by Gasteiger charge is -2.09. The lowest BCUT2D eigenvalue weighted by molar-refractivity contribution is -0.112. The molecule has 0 fully saturated rings. The Morgan fingerprint density at radius 2 is 1.94 bits per heavy atom. The number of nitrogens with one attached hydrogen (secondary N) is 1. The van der Waals surface area contributed by atoms with Gasteiger partial charge >= 0.3 is 0 Å². The number of hydrogen-bond acceptors (Lipinski definition) is 5. The van der Waals surface area contributed by atoms with Gasteiger partial charge in [0.1, 0.15) is 17.4 Å². The van der Waals surface area contributed by atoms with Crippen molar-refractivity contribution in [3.63, 3.8) is 0 Å². The molecule has 1 amide bonds. The maximum Gasteiger partial charge on any atom is 0.266 e. The molecule has 0 unspecified atom stereocenters. The van der Waals surface area contributed by atoms with E-state index in [4.69, 9.17) is 9.47 Å². The molecule has 164 valence electrons. The second-order valence-electron chi connectivity index (χ2n) is 7.40. The number of carbonyl (C=O) groups excluding carboxylic acids is 1. The van der Waals surface area contributed by atoms with Gasteiger partial charge in [0.15, 0.2) is 0 Å². The first-order valence-corrected chi connectivity index (χ1v) is 10.2. The van der Waals surface area contributed by atoms with Crippen LogP contribution >= 0.6 is 0 Å². The molecule has 2 aromatic heterocycles. The third-order valence-corrected chi connectivity index (χ3v) is 5.02. The summed E-state index contributed by atoms with van der Waals surface area (Å²) in [5.74, 6) is 0.618. The fourth-order valence-electron chi connectivity index (χ4n) is 3.24. The minimum Gasteiger partial charge on any atom is -0.439 e. The van der Waals surface area contributed by atoms with Gasteiger partial charge in [0.2, 0.25) is 5.88 Å². The number of aromatic nitrogens is 2. The molecule has 32 heavy (non-hydrogen) atoms. The van der Waals surface area contributed by atoms with Gasteiger partial charge in [-0.3, -0.25) is 4.79 Å². The largest absolute Gasteiger partial charge is 0.439 e. The molecule has 0 spiro atoms. The van der Waals surface area contributed by atoms with Crippen molar-refractivity contribution in [3.8, 4) is 17.7 Å². The second-order valence-corrected chi connectivity index (χ2v) is 7.40. The molecule has 0 atom stereocenters. The highest BCUT2D eigenvalue weighted by Crippen LogP contribution is 2.23. The van der Waals surface area contributed by atoms with Gasteiger partial charge < -0.3 is 19.4 Å². The van der Waals surface area contributed by atoms with Gasteiger partial charge in [-0.25, -0.2) is 4.98 Å². The number of amides is 1. The maximum atomic E-state index is 12.7. The quantitative estimate of drug-likeness (QED) is 0.410. The number of hydrogen-bond donors (Lipinski definition) is 1. The van der Waals surface area contributed by atoms with Crippen LogP contribution in [0.3, 0.4) is 0 Å². The van der Waals surface area contributed by atoms with E-state index in [1.54, 1.807) is 49.7 Å². The average Bonchev–Trinajstić information content (AvgIpc) is 3.05. The van der Waals surface area contributed by atoms with Crippen LogP contribution in [0.4, 0.5) is 5.69 Å². The number of anilines is 1. The highest BCUT2D eigenvalue weighted by atomic mass is 16.5. The first-order valence-electron chi connectivity index (χ1n) is 10.2. The summed E-state index contributed by atoms with van der Waals surface area (Å²) < 4.78 is 13.0. The standard InChI is InChI=1S/C25H26N4O3/c1-17-5-10-24(27-16-17)32-23-8-6-22(7-9-23)28-25(30)21(15-26)14-20-13-18(2)29(19(20)3)11-12-31-4/h5-10,13-14,16H,11-12H2,1-4H3,(H,28,30)/b21-14-. The van der Waals surface area contributed by atoms with Crippen LogP contribution in [0.2, 0.25) is 0 Å². The molecule has 0 bridgehead atoms. The smallest absolute Gasteiger partial charge is 0.266 e. The summed E-state index contributed by atoms with van der Waals surface area (Å²) in [7, 11) is 1.66. The van der Waals surface area contributed by atoms with Gasteiger partial charge in [-0.05, 0) is 68.3 Å². The van der Waals surface area contributed by atoms with E-state index in [2.05, 4.69) is 14.9 Å². The van der Waals surface area contributed by atoms with Crippen molar-refractivity contribution >= 4 is 17.7 Å². The van der Waals surface area contributed by atoms with Crippen molar-refractivity contribution < 1.29 is 14.3 Å². The topological polar surface area (TPSA) is 89.2 Å². The van der Waals surface area contributed by atoms with E-state index in [0.717, 1.165) is 22.5 Å². The summed E-state index contributed by atoms with van der Waals surface area (Å²) in [5, 5.41) is 12.3. The van der Waals surface area contributed by atoms with Crippen molar-refractivity contribution in [3.05, 3.63) is 76.7 Å². The summed E-state index contributed by atoms with van der Waals surface area (Å²) in [6, 6.07) is 14.6. The Hall–Kier alpha value is -3.89. The van der Waals surface area contributed by atoms with E-state index in [1.165, 1.54) is 0 Å². The van der Waals surface area contributed by atoms with Crippen LogP contribution < -0.4 is 10.1 Å². The number of benzene rings is 1. The first kappa shape index (κ1) is 22.8. The third kappa shape index (κ3) is 5.62. The summed E-state index contributed by atoms with van der Waals surface area (Å²) in [5.41, 5.74) is 4.49. The Kier molecular flexibility index (Phi) is 7.42. The number of carbonyl (C=O) groups is 1. The number of aryl methyl sites for hydroxylation is 2. The summed E-state index contributed by atoms with van der Waals surface area (Å²) in [6.07, 6.45) is 3.34. The highest BCUT2D eigenvalue weighted by molar-refractivity contribution is 6.09. The van der Waals surface area contributed by atoms with E-state index < -0.39 is 5.91 Å². The Morgan fingerprint density at radius 1 is 1.19 bits per heavy atom. The molecule has 0 aliphatic rings. The van der Waals surface area contributed by atoms with Gasteiger partial charge in [0.05, 0.1) is 6.61 Å². The molecule has 3 rings (SSSR count). The van der Waals surface area contributed by atoms with Crippen molar-refractivity contribution in [2.75, 3.05) is 19.0 Å². The molecule has 1 N–H and O–H groups in total. The maximum absolute atomic E-state index is 12.7. The fraction of sp³-hybridized carbons (Fsp3) is 0.240. The summed E-state index contributed by atoms with van der Waals surface area (Å²) in [6.45, 7) is 7.20. The lowest BCUT2D eigenvalue weighted by Crippen LogP contribution is -2.13. The lowest BCUT2D eigenvalue weighted by atomic mass is 10.1. The molecule has 0 saturated carbocycles. The van der Waals surface area contributed by atoms with E-state index in [1.807, 2.05) is 39.0 Å². The van der Waals surface area contributed by atoms with E-state index in [9.17, 15) is 10.1 Å². The first-order chi connectivity index (χ1) is 15.4. The molecule has 7 heteroatoms. The van der Waals surface area contributed by atoms with Gasteiger partial charge in [-0.2, -0.15) is 5.26 Å². The number of nitriles is 1. The minimum absolute atomic E-state index is 0.0289. The summed E-state index contributed by atoms with van der Waals surface area (Å²) in [4.78, 5) is 16.9. The Bertz CT molecular complexity index is 1150. The van der Waals surface area contributed by atoms with Crippen molar-refractivity contribution in [2.24, 2.45) is 0 Å². The van der Waals surface area contributed by atoms with Crippen LogP contribution in [0.25, 0.3) is 6.08 Å². The molecule has 0 aliphatic heterocycles. The monoisotopic (exact) mass is 430 g/mol. The van der Waals surface area contributed by atoms with Gasteiger partial charge in [0.25, 0.3) is 5.91 Å². The number of rotatable bonds is 8. The fourth-order valence-corrected chi connectivity index (χ4v) is 3.24. The van der Waals surface area contributed by atoms with Crippen molar-refractivity contribution in [1.29, 1.82) is 5.26 Å². The van der Waals surface area contributed by atoms with Crippen LogP contribution in [0.5, 0.6) is 11.6 Å². The van der Waals surface area contributed by atoms with Crippen molar-refractivity contribution in [1.82, 2.24) is 9.55 Å². The summed E-state index contributed by atoms with van der Waals surface area (Å²) >= 11 is 0. The normalized spacial score (nSPS) is 11.2. The van der Waals surface area contributed by atoms with Crippen LogP contribution in [0.1, 0.15) is 22.5 Å². The zero-order chi connectivity index (χ0) is 23.1. The molecular weight excluding hydrogens is 404 g/mol. The molecular formula is C25H26N4O3. The number of nitrogens with zero attached hydrogens (tertiary/aromatic N) is 3. The molecule has 0 saturated heterocycles. The minimum atomic E-state index is -0.469. The number of pyridine rings is 1. The van der Waals surface area contributed by atoms with Crippen LogP contribution in [0, 0.1) is 32.1 Å². The second kappa shape index (κ2) is 10.4. The van der Waals surface area contributed by atoms with Gasteiger partial charge in [0, 0.05) is 43.0 Å². The van der Waals surface area contributed by atoms with E-state index in [-0.39, 0.29) is 5.57 Å². The molecule has 2 heterocycles. The Balaban J connectivity index is 1.70. The van der Waals surface area contributed by atoms with E-state index in [0.29, 0.717) is 30.5 Å². The molecule has 1 aromatic carbocycles. The molecule has 3 aromatic rings. The van der Waals surface area contributed by atoms with Gasteiger partial charge in [-0.1, -0.05) is 6.07 Å². The Labute approximate surface area is 187 Å². The van der Waals surface area contributed by atoms with Crippen molar-refractivity contribution in [2.45, 2.75) is 27.3 Å². The zero-order valence-corrected chi connectivity index (χ0v) is 18.7. The highest BCUT2D eigenvalue weighted by Gasteiger charge is 2.13. The predicted octanol–water partition coefficient (Wildman–Crippen LogP) is 4.79. The predicted molar refractivity (Wildman–Crippen MR) is 123 cm³/mol. The third-order valence-electron chi connectivity index (χ3n) is 5.02. The number of methoxy groups -OCH3 is 1. The Morgan fingerprint density at radius 3 is 2.56 bits per heavy atom. The number of ether oxygens (including phenoxy) is 2. The van der Waals surface area contributed by atoms with Crippen LogP contribution in [-0.4, -0.2) is 29.2 Å². The molecule has 0 radical (unpaired) electrons. The SMILES string of the molecule is COCCn1c(C)cc(/C=C(/C#N)C(=O)Nc2ccc(Oc3ccc(C)cn3)cc2)c1C. The van der Waals surface area contributed by atoms with Crippen LogP contribution in [-0.2, 0) is 16.1 Å². The zero-order valence-electron chi connectivity index (χ0n) is 18.7. The van der Waals surface area contributed by atoms with Gasteiger partial charge in [-0.15, -0.1) is 0 Å². The van der Waals surface area contributed by atoms with E-state index >= 15 is 0 Å². The van der Waals surface area contributed by atoms with Crippen LogP contribution in [0.15, 0.2) is 54.2 Å². The molecule has 7 nitrogen and oxygen atoms in total. The average molecular weight is 431 g/mol.